The first-order valence-corrected chi connectivity index (χ1v) is 8.10. The number of carbonyl (C=O) groups is 2. The fourth-order valence-corrected chi connectivity index (χ4v) is 2.08. The zero-order chi connectivity index (χ0) is 20.2. The maximum atomic E-state index is 12.8. The Kier molecular flexibility index (Phi) is 5.91. The molecule has 2 aromatic heterocycles. The second kappa shape index (κ2) is 7.80. The summed E-state index contributed by atoms with van der Waals surface area (Å²) in [5.74, 6) is -0.251. The molecule has 0 aliphatic heterocycles. The molecule has 0 aromatic carbocycles. The predicted octanol–water partition coefficient (Wildman–Crippen LogP) is 2.28. The molecule has 2 amide bonds. The van der Waals surface area contributed by atoms with Gasteiger partial charge < -0.3 is 15.4 Å². The number of pyridine rings is 1. The minimum Gasteiger partial charge on any atom is -0.444 e. The second-order valence-corrected chi connectivity index (χ2v) is 6.72. The molecule has 0 spiro atoms. The number of nitrogens with one attached hydrogen (secondary N) is 2. The van der Waals surface area contributed by atoms with E-state index in [1.807, 2.05) is 0 Å². The molecule has 2 N–H and O–H groups in total. The predicted molar refractivity (Wildman–Crippen MR) is 88.7 cm³/mol. The largest absolute Gasteiger partial charge is 0.444 e. The molecule has 0 unspecified atom stereocenters. The third-order valence-corrected chi connectivity index (χ3v) is 3.26. The molecule has 0 bridgehead atoms. The molecule has 27 heavy (non-hydrogen) atoms. The van der Waals surface area contributed by atoms with Crippen LogP contribution in [-0.4, -0.2) is 38.7 Å². The topological polar surface area (TPSA) is 97.6 Å². The average Bonchev–Trinajstić information content (AvgIpc) is 2.92. The summed E-state index contributed by atoms with van der Waals surface area (Å²) in [4.78, 5) is 23.3. The summed E-state index contributed by atoms with van der Waals surface area (Å²) >= 11 is 0. The molecule has 0 aliphatic carbocycles. The lowest BCUT2D eigenvalue weighted by Gasteiger charge is -2.19. The number of ether oxygens (including phenoxy) is 1. The van der Waals surface area contributed by atoms with Crippen LogP contribution in [0.1, 0.15) is 38.6 Å². The summed E-state index contributed by atoms with van der Waals surface area (Å²) < 4.78 is 44.6. The molecular weight excluding hydrogens is 367 g/mol. The van der Waals surface area contributed by atoms with E-state index in [-0.39, 0.29) is 31.0 Å². The van der Waals surface area contributed by atoms with Crippen LogP contribution in [0.4, 0.5) is 18.0 Å². The summed E-state index contributed by atoms with van der Waals surface area (Å²) in [5, 5.41) is 12.5. The van der Waals surface area contributed by atoms with Gasteiger partial charge in [0.05, 0.1) is 12.1 Å². The van der Waals surface area contributed by atoms with Gasteiger partial charge in [0.15, 0.2) is 11.5 Å². The smallest absolute Gasteiger partial charge is 0.417 e. The van der Waals surface area contributed by atoms with Crippen LogP contribution in [0, 0.1) is 0 Å². The summed E-state index contributed by atoms with van der Waals surface area (Å²) in [6.45, 7) is 5.10. The lowest BCUT2D eigenvalue weighted by Crippen LogP contribution is -2.35. The molecule has 0 saturated carbocycles. The number of rotatable bonds is 5. The van der Waals surface area contributed by atoms with Crippen molar-refractivity contribution in [2.45, 2.75) is 45.5 Å². The van der Waals surface area contributed by atoms with Crippen molar-refractivity contribution in [3.63, 3.8) is 0 Å². The monoisotopic (exact) mass is 387 g/mol. The highest BCUT2D eigenvalue weighted by atomic mass is 19.4. The Morgan fingerprint density at radius 2 is 1.85 bits per heavy atom. The van der Waals surface area contributed by atoms with Gasteiger partial charge in [-0.25, -0.2) is 4.79 Å². The van der Waals surface area contributed by atoms with Gasteiger partial charge in [-0.1, -0.05) is 0 Å². The minimum absolute atomic E-state index is 0.0240. The highest BCUT2D eigenvalue weighted by Gasteiger charge is 2.31. The van der Waals surface area contributed by atoms with Crippen molar-refractivity contribution in [2.24, 2.45) is 0 Å². The van der Waals surface area contributed by atoms with Gasteiger partial charge in [0.1, 0.15) is 5.60 Å². The summed E-state index contributed by atoms with van der Waals surface area (Å²) in [6, 6.07) is 2.11. The standard InChI is InChI=1S/C16H20F3N5O3/c1-15(2,3)27-14(26)20-7-6-13(25)21-8-12-23-22-11-5-4-10(9-24(11)12)16(17,18)19/h4-5,9H,6-8H2,1-3H3,(H,20,26)(H,21,25). The summed E-state index contributed by atoms with van der Waals surface area (Å²) in [5.41, 5.74) is -1.25. The van der Waals surface area contributed by atoms with E-state index in [1.165, 1.54) is 10.5 Å². The lowest BCUT2D eigenvalue weighted by atomic mass is 10.2. The van der Waals surface area contributed by atoms with E-state index >= 15 is 0 Å². The molecule has 148 valence electrons. The van der Waals surface area contributed by atoms with Crippen LogP contribution < -0.4 is 10.6 Å². The van der Waals surface area contributed by atoms with Crippen molar-refractivity contribution in [2.75, 3.05) is 6.54 Å². The number of fused-ring (bicyclic) bond motifs is 1. The Bertz CT molecular complexity index is 827. The molecule has 0 radical (unpaired) electrons. The lowest BCUT2D eigenvalue weighted by molar-refractivity contribution is -0.137. The maximum Gasteiger partial charge on any atom is 0.417 e. The highest BCUT2D eigenvalue weighted by Crippen LogP contribution is 2.29. The van der Waals surface area contributed by atoms with Crippen molar-refractivity contribution >= 4 is 17.6 Å². The van der Waals surface area contributed by atoms with Crippen molar-refractivity contribution in [1.29, 1.82) is 0 Å². The Hall–Kier alpha value is -2.85. The Morgan fingerprint density at radius 1 is 1.15 bits per heavy atom. The van der Waals surface area contributed by atoms with Gasteiger partial charge in [-0.15, -0.1) is 10.2 Å². The number of amides is 2. The zero-order valence-corrected chi connectivity index (χ0v) is 15.1. The van der Waals surface area contributed by atoms with E-state index < -0.39 is 29.3 Å². The minimum atomic E-state index is -4.49. The number of nitrogens with zero attached hydrogens (tertiary/aromatic N) is 3. The molecule has 2 heterocycles. The quantitative estimate of drug-likeness (QED) is 0.820. The molecule has 0 fully saturated rings. The van der Waals surface area contributed by atoms with Crippen molar-refractivity contribution in [3.8, 4) is 0 Å². The van der Waals surface area contributed by atoms with Crippen LogP contribution in [0.5, 0.6) is 0 Å². The first-order valence-electron chi connectivity index (χ1n) is 8.10. The molecule has 0 atom stereocenters. The van der Waals surface area contributed by atoms with Crippen molar-refractivity contribution in [3.05, 3.63) is 29.7 Å². The first kappa shape index (κ1) is 20.5. The van der Waals surface area contributed by atoms with E-state index in [4.69, 9.17) is 4.74 Å². The number of aromatic nitrogens is 3. The van der Waals surface area contributed by atoms with Crippen LogP contribution in [0.15, 0.2) is 18.3 Å². The summed E-state index contributed by atoms with van der Waals surface area (Å²) in [6.07, 6.45) is -4.28. The number of hydrogen-bond donors (Lipinski definition) is 2. The third kappa shape index (κ3) is 6.12. The highest BCUT2D eigenvalue weighted by molar-refractivity contribution is 5.77. The molecule has 8 nitrogen and oxygen atoms in total. The van der Waals surface area contributed by atoms with E-state index in [1.54, 1.807) is 20.8 Å². The van der Waals surface area contributed by atoms with Gasteiger partial charge in [-0.3, -0.25) is 9.20 Å². The van der Waals surface area contributed by atoms with Crippen molar-refractivity contribution < 1.29 is 27.5 Å². The summed E-state index contributed by atoms with van der Waals surface area (Å²) in [7, 11) is 0. The molecule has 11 heteroatoms. The van der Waals surface area contributed by atoms with Gasteiger partial charge >= 0.3 is 12.3 Å². The molecule has 0 saturated heterocycles. The molecule has 2 rings (SSSR count). The van der Waals surface area contributed by atoms with Crippen LogP contribution in [-0.2, 0) is 22.3 Å². The van der Waals surface area contributed by atoms with Crippen LogP contribution in [0.2, 0.25) is 0 Å². The second-order valence-electron chi connectivity index (χ2n) is 6.72. The first-order chi connectivity index (χ1) is 12.5. The Morgan fingerprint density at radius 3 is 2.48 bits per heavy atom. The van der Waals surface area contributed by atoms with E-state index in [2.05, 4.69) is 20.8 Å². The number of hydrogen-bond acceptors (Lipinski definition) is 5. The normalized spacial score (nSPS) is 12.1. The Balaban J connectivity index is 1.87. The maximum absolute atomic E-state index is 12.8. The average molecular weight is 387 g/mol. The number of halogens is 3. The van der Waals surface area contributed by atoms with Gasteiger partial charge in [-0.2, -0.15) is 13.2 Å². The van der Waals surface area contributed by atoms with Crippen LogP contribution >= 0.6 is 0 Å². The zero-order valence-electron chi connectivity index (χ0n) is 15.1. The SMILES string of the molecule is CC(C)(C)OC(=O)NCCC(=O)NCc1nnc2ccc(C(F)(F)F)cn12. The molecule has 2 aromatic rings. The number of alkyl halides is 3. The Labute approximate surface area is 153 Å². The van der Waals surface area contributed by atoms with E-state index in [0.29, 0.717) is 0 Å². The fourth-order valence-electron chi connectivity index (χ4n) is 2.08. The molecular formula is C16H20F3N5O3. The van der Waals surface area contributed by atoms with Crippen LogP contribution in [0.3, 0.4) is 0 Å². The molecule has 0 aliphatic rings. The van der Waals surface area contributed by atoms with Crippen LogP contribution in [0.25, 0.3) is 5.65 Å². The fraction of sp³-hybridized carbons (Fsp3) is 0.500. The van der Waals surface area contributed by atoms with Gasteiger partial charge in [0.25, 0.3) is 0 Å². The van der Waals surface area contributed by atoms with E-state index in [9.17, 15) is 22.8 Å². The third-order valence-electron chi connectivity index (χ3n) is 3.26. The van der Waals surface area contributed by atoms with Crippen molar-refractivity contribution in [1.82, 2.24) is 25.2 Å². The number of carbonyl (C=O) groups excluding carboxylic acids is 2. The van der Waals surface area contributed by atoms with E-state index in [0.717, 1.165) is 12.3 Å². The van der Waals surface area contributed by atoms with Gasteiger partial charge in [-0.05, 0) is 32.9 Å². The number of alkyl carbamates (subject to hydrolysis) is 1. The van der Waals surface area contributed by atoms with Gasteiger partial charge in [0, 0.05) is 19.2 Å². The van der Waals surface area contributed by atoms with Gasteiger partial charge in [0.2, 0.25) is 5.91 Å².